The van der Waals surface area contributed by atoms with E-state index in [0.29, 0.717) is 24.5 Å². The lowest BCUT2D eigenvalue weighted by molar-refractivity contribution is 0.0980. The third kappa shape index (κ3) is 3.84. The monoisotopic (exact) mass is 381 g/mol. The van der Waals surface area contributed by atoms with Crippen molar-refractivity contribution in [1.82, 2.24) is 9.80 Å². The fraction of sp³-hybridized carbons (Fsp3) is 0.409. The van der Waals surface area contributed by atoms with Crippen LogP contribution >= 0.6 is 0 Å². The number of β-amino-alcohol motifs (C(OH)–C–C–N with tert-alkyl or cyclic N) is 1. The van der Waals surface area contributed by atoms with E-state index in [-0.39, 0.29) is 12.1 Å². The highest BCUT2D eigenvalue weighted by atomic mass is 16.5. The van der Waals surface area contributed by atoms with Crippen molar-refractivity contribution in [1.29, 1.82) is 0 Å². The van der Waals surface area contributed by atoms with Crippen LogP contribution in [0.25, 0.3) is 11.1 Å². The van der Waals surface area contributed by atoms with Gasteiger partial charge in [-0.1, -0.05) is 36.4 Å². The van der Waals surface area contributed by atoms with Gasteiger partial charge in [0.05, 0.1) is 31.5 Å². The number of anilines is 1. The minimum absolute atomic E-state index is 0.0331. The number of carbonyl (C=O) groups is 1. The number of hydrogen-bond donors (Lipinski definition) is 2. The van der Waals surface area contributed by atoms with Crippen molar-refractivity contribution in [3.63, 3.8) is 0 Å². The molecule has 2 aromatic rings. The van der Waals surface area contributed by atoms with Gasteiger partial charge in [-0.15, -0.1) is 0 Å². The highest BCUT2D eigenvalue weighted by Gasteiger charge is 2.38. The first-order valence-electron chi connectivity index (χ1n) is 9.87. The van der Waals surface area contributed by atoms with Gasteiger partial charge in [-0.3, -0.25) is 4.90 Å². The zero-order valence-corrected chi connectivity index (χ0v) is 16.2. The van der Waals surface area contributed by atoms with E-state index in [0.717, 1.165) is 24.2 Å². The summed E-state index contributed by atoms with van der Waals surface area (Å²) in [5.41, 5.74) is 2.72. The van der Waals surface area contributed by atoms with Gasteiger partial charge in [0.1, 0.15) is 5.75 Å². The van der Waals surface area contributed by atoms with Crippen LogP contribution < -0.4 is 10.1 Å². The minimum atomic E-state index is -0.499. The predicted molar refractivity (Wildman–Crippen MR) is 110 cm³/mol. The van der Waals surface area contributed by atoms with Crippen molar-refractivity contribution < 1.29 is 14.6 Å². The molecule has 2 aliphatic rings. The van der Waals surface area contributed by atoms with Crippen molar-refractivity contribution in [3.05, 3.63) is 48.5 Å². The molecule has 6 nitrogen and oxygen atoms in total. The molecular weight excluding hydrogens is 354 g/mol. The smallest absolute Gasteiger partial charge is 0.322 e. The number of nitrogens with one attached hydrogen (secondary N) is 1. The lowest BCUT2D eigenvalue weighted by Crippen LogP contribution is -2.41. The number of hydrogen-bond acceptors (Lipinski definition) is 4. The number of nitrogens with zero attached hydrogens (tertiary/aromatic N) is 2. The number of rotatable bonds is 4. The van der Waals surface area contributed by atoms with E-state index in [9.17, 15) is 9.90 Å². The third-order valence-electron chi connectivity index (χ3n) is 5.70. The number of benzene rings is 2. The highest BCUT2D eigenvalue weighted by Crippen LogP contribution is 2.31. The van der Waals surface area contributed by atoms with Gasteiger partial charge in [-0.05, 0) is 49.2 Å². The molecule has 6 heteroatoms. The Morgan fingerprint density at radius 2 is 1.82 bits per heavy atom. The molecule has 2 aliphatic heterocycles. The second kappa shape index (κ2) is 8.20. The molecule has 4 rings (SSSR count). The quantitative estimate of drug-likeness (QED) is 0.854. The molecule has 0 saturated carbocycles. The summed E-state index contributed by atoms with van der Waals surface area (Å²) in [4.78, 5) is 16.9. The molecule has 0 unspecified atom stereocenters. The Balaban J connectivity index is 1.49. The summed E-state index contributed by atoms with van der Waals surface area (Å²) >= 11 is 0. The number of likely N-dealkylation sites (tertiary alicyclic amines) is 2. The number of methoxy groups -OCH3 is 1. The molecule has 2 heterocycles. The van der Waals surface area contributed by atoms with Crippen molar-refractivity contribution in [2.75, 3.05) is 38.6 Å². The Morgan fingerprint density at radius 3 is 2.54 bits per heavy atom. The van der Waals surface area contributed by atoms with Crippen molar-refractivity contribution in [2.45, 2.75) is 25.0 Å². The fourth-order valence-corrected chi connectivity index (χ4v) is 4.18. The summed E-state index contributed by atoms with van der Waals surface area (Å²) in [5, 5.41) is 13.4. The van der Waals surface area contributed by atoms with E-state index in [2.05, 4.69) is 10.2 Å². The number of amides is 2. The highest BCUT2D eigenvalue weighted by molar-refractivity contribution is 5.92. The lowest BCUT2D eigenvalue weighted by atomic mass is 10.0. The molecule has 0 aromatic heterocycles. The molecule has 2 N–H and O–H groups in total. The largest absolute Gasteiger partial charge is 0.495 e. The van der Waals surface area contributed by atoms with Gasteiger partial charge in [0.25, 0.3) is 0 Å². The Morgan fingerprint density at radius 1 is 1.07 bits per heavy atom. The molecule has 2 fully saturated rings. The molecular formula is C22H27N3O3. The zero-order valence-electron chi connectivity index (χ0n) is 16.2. The Labute approximate surface area is 165 Å². The van der Waals surface area contributed by atoms with Crippen LogP contribution in [0.4, 0.5) is 10.5 Å². The van der Waals surface area contributed by atoms with Crippen LogP contribution in [0, 0.1) is 0 Å². The first-order valence-corrected chi connectivity index (χ1v) is 9.87. The number of aliphatic hydroxyl groups is 1. The number of aliphatic hydroxyl groups excluding tert-OH is 1. The summed E-state index contributed by atoms with van der Waals surface area (Å²) in [7, 11) is 1.59. The second-order valence-electron chi connectivity index (χ2n) is 7.49. The van der Waals surface area contributed by atoms with Gasteiger partial charge in [-0.25, -0.2) is 4.79 Å². The summed E-state index contributed by atoms with van der Waals surface area (Å²) in [6.45, 7) is 2.91. The summed E-state index contributed by atoms with van der Waals surface area (Å²) in [6.07, 6.45) is 1.83. The molecule has 28 heavy (non-hydrogen) atoms. The maximum Gasteiger partial charge on any atom is 0.322 e. The molecule has 2 saturated heterocycles. The van der Waals surface area contributed by atoms with Gasteiger partial charge < -0.3 is 20.1 Å². The second-order valence-corrected chi connectivity index (χ2v) is 7.49. The van der Waals surface area contributed by atoms with E-state index in [1.54, 1.807) is 12.0 Å². The first-order chi connectivity index (χ1) is 13.7. The molecule has 0 bridgehead atoms. The summed E-state index contributed by atoms with van der Waals surface area (Å²) in [6, 6.07) is 15.6. The molecule has 2 amide bonds. The van der Waals surface area contributed by atoms with Crippen LogP contribution in [-0.2, 0) is 0 Å². The predicted octanol–water partition coefficient (Wildman–Crippen LogP) is 3.04. The van der Waals surface area contributed by atoms with Gasteiger partial charge >= 0.3 is 6.03 Å². The van der Waals surface area contributed by atoms with Gasteiger partial charge in [0.2, 0.25) is 0 Å². The summed E-state index contributed by atoms with van der Waals surface area (Å²) < 4.78 is 5.43. The topological polar surface area (TPSA) is 65.0 Å². The van der Waals surface area contributed by atoms with Crippen LogP contribution in [0.3, 0.4) is 0 Å². The maximum absolute atomic E-state index is 12.9. The van der Waals surface area contributed by atoms with E-state index < -0.39 is 6.10 Å². The Kier molecular flexibility index (Phi) is 5.50. The first kappa shape index (κ1) is 18.8. The normalized spacial score (nSPS) is 22.4. The van der Waals surface area contributed by atoms with Crippen LogP contribution in [0.1, 0.15) is 12.8 Å². The molecule has 2 aromatic carbocycles. The van der Waals surface area contributed by atoms with E-state index in [4.69, 9.17) is 4.74 Å². The Bertz CT molecular complexity index is 821. The molecule has 2 atom stereocenters. The van der Waals surface area contributed by atoms with Crippen molar-refractivity contribution in [2.24, 2.45) is 0 Å². The number of ether oxygens (including phenoxy) is 1. The van der Waals surface area contributed by atoms with E-state index >= 15 is 0 Å². The van der Waals surface area contributed by atoms with Crippen molar-refractivity contribution in [3.8, 4) is 16.9 Å². The van der Waals surface area contributed by atoms with Crippen molar-refractivity contribution >= 4 is 11.7 Å². The summed E-state index contributed by atoms with van der Waals surface area (Å²) in [5.74, 6) is 0.615. The molecule has 148 valence electrons. The fourth-order valence-electron chi connectivity index (χ4n) is 4.18. The standard InChI is InChI=1S/C22H27N3O3/c1-28-21-10-9-17(16-7-3-2-4-8-16)13-18(21)23-22(27)25-14-19(20(26)15-25)24-11-5-6-12-24/h2-4,7-10,13,19-20,26H,5-6,11-12,14-15H2,1H3,(H,23,27)/t19-,20-/m0/s1. The average molecular weight is 381 g/mol. The number of carbonyl (C=O) groups excluding carboxylic acids is 1. The van der Waals surface area contributed by atoms with Crippen LogP contribution in [0.2, 0.25) is 0 Å². The van der Waals surface area contributed by atoms with E-state index in [1.807, 2.05) is 48.5 Å². The number of urea groups is 1. The van der Waals surface area contributed by atoms with Crippen LogP contribution in [-0.4, -0.2) is 66.4 Å². The minimum Gasteiger partial charge on any atom is -0.495 e. The van der Waals surface area contributed by atoms with Crippen LogP contribution in [0.5, 0.6) is 5.75 Å². The van der Waals surface area contributed by atoms with E-state index in [1.165, 1.54) is 12.8 Å². The molecule has 0 radical (unpaired) electrons. The average Bonchev–Trinajstić information content (AvgIpc) is 3.38. The maximum atomic E-state index is 12.9. The van der Waals surface area contributed by atoms with Gasteiger partial charge in [-0.2, -0.15) is 0 Å². The van der Waals surface area contributed by atoms with Gasteiger partial charge in [0.15, 0.2) is 0 Å². The van der Waals surface area contributed by atoms with Gasteiger partial charge in [0, 0.05) is 6.54 Å². The SMILES string of the molecule is COc1ccc(-c2ccccc2)cc1NC(=O)N1C[C@H](O)[C@@H](N2CCCC2)C1. The zero-order chi connectivity index (χ0) is 19.5. The Hall–Kier alpha value is -2.57. The molecule has 0 aliphatic carbocycles. The van der Waals surface area contributed by atoms with Crippen LogP contribution in [0.15, 0.2) is 48.5 Å². The third-order valence-corrected chi connectivity index (χ3v) is 5.70. The lowest BCUT2D eigenvalue weighted by Gasteiger charge is -2.25. The molecule has 0 spiro atoms.